The van der Waals surface area contributed by atoms with Crippen molar-refractivity contribution in [3.05, 3.63) is 47.7 Å². The highest BCUT2D eigenvalue weighted by atomic mass is 16.2. The molecule has 5 heteroatoms. The molecule has 1 N–H and O–H groups in total. The second-order valence-electron chi connectivity index (χ2n) is 5.96. The van der Waals surface area contributed by atoms with E-state index in [0.29, 0.717) is 6.54 Å². The fourth-order valence-electron chi connectivity index (χ4n) is 2.31. The number of carbonyl (C=O) groups is 1. The molecule has 0 fully saturated rings. The maximum absolute atomic E-state index is 12.1. The number of amides is 1. The molecule has 1 heterocycles. The average molecular weight is 300 g/mol. The third-order valence-corrected chi connectivity index (χ3v) is 3.41. The van der Waals surface area contributed by atoms with E-state index in [1.807, 2.05) is 31.9 Å². The molecule has 0 aliphatic heterocycles. The molecule has 1 aromatic heterocycles. The van der Waals surface area contributed by atoms with Crippen LogP contribution in [0.3, 0.4) is 0 Å². The molecule has 0 bridgehead atoms. The molecule has 0 spiro atoms. The van der Waals surface area contributed by atoms with Gasteiger partial charge in [-0.25, -0.2) is 4.68 Å². The Morgan fingerprint density at radius 2 is 1.95 bits per heavy atom. The summed E-state index contributed by atoms with van der Waals surface area (Å²) in [6, 6.07) is 10.4. The van der Waals surface area contributed by atoms with Crippen LogP contribution in [-0.2, 0) is 11.3 Å². The van der Waals surface area contributed by atoms with Crippen LogP contribution in [0, 0.1) is 6.92 Å². The predicted octanol–water partition coefficient (Wildman–Crippen LogP) is 2.84. The number of aromatic nitrogens is 2. The predicted molar refractivity (Wildman–Crippen MR) is 88.8 cm³/mol. The van der Waals surface area contributed by atoms with Gasteiger partial charge < -0.3 is 5.32 Å². The minimum atomic E-state index is -0.0305. The number of carbonyl (C=O) groups excluding carboxylic acids is 1. The number of nitrogens with one attached hydrogen (secondary N) is 1. The standard InChI is InChI=1S/C17H24N4O/c1-13(2)21-16(9-10-18-21)19-17(22)12-20(4)11-15-7-5-14(3)6-8-15/h5-10,13H,11-12H2,1-4H3,(H,19,22). The van der Waals surface area contributed by atoms with E-state index in [1.165, 1.54) is 11.1 Å². The van der Waals surface area contributed by atoms with Gasteiger partial charge >= 0.3 is 0 Å². The van der Waals surface area contributed by atoms with Gasteiger partial charge in [0.15, 0.2) is 0 Å². The summed E-state index contributed by atoms with van der Waals surface area (Å²) in [5.41, 5.74) is 2.44. The average Bonchev–Trinajstić information content (AvgIpc) is 2.89. The number of rotatable bonds is 6. The fourth-order valence-corrected chi connectivity index (χ4v) is 2.31. The Kier molecular flexibility index (Phi) is 5.33. The summed E-state index contributed by atoms with van der Waals surface area (Å²) in [4.78, 5) is 14.1. The van der Waals surface area contributed by atoms with E-state index in [4.69, 9.17) is 0 Å². The largest absolute Gasteiger partial charge is 0.310 e. The molecular formula is C17H24N4O. The molecule has 2 aromatic rings. The third kappa shape index (κ3) is 4.43. The Labute approximate surface area is 131 Å². The smallest absolute Gasteiger partial charge is 0.239 e. The van der Waals surface area contributed by atoms with Crippen molar-refractivity contribution in [1.29, 1.82) is 0 Å². The first kappa shape index (κ1) is 16.2. The second kappa shape index (κ2) is 7.22. The lowest BCUT2D eigenvalue weighted by Gasteiger charge is -2.17. The Bertz CT molecular complexity index is 616. The number of likely N-dealkylation sites (N-methyl/N-ethyl adjacent to an activating group) is 1. The van der Waals surface area contributed by atoms with Crippen molar-refractivity contribution < 1.29 is 4.79 Å². The van der Waals surface area contributed by atoms with E-state index in [2.05, 4.69) is 41.6 Å². The summed E-state index contributed by atoms with van der Waals surface area (Å²) in [5.74, 6) is 0.709. The molecule has 118 valence electrons. The van der Waals surface area contributed by atoms with Crippen LogP contribution in [-0.4, -0.2) is 34.2 Å². The minimum Gasteiger partial charge on any atom is -0.310 e. The van der Waals surface area contributed by atoms with E-state index in [0.717, 1.165) is 12.4 Å². The van der Waals surface area contributed by atoms with Crippen LogP contribution < -0.4 is 5.32 Å². The summed E-state index contributed by atoms with van der Waals surface area (Å²) in [6.45, 7) is 7.23. The first-order chi connectivity index (χ1) is 10.5. The summed E-state index contributed by atoms with van der Waals surface area (Å²) in [6.07, 6.45) is 1.70. The maximum Gasteiger partial charge on any atom is 0.239 e. The van der Waals surface area contributed by atoms with Crippen LogP contribution in [0.5, 0.6) is 0 Å². The monoisotopic (exact) mass is 300 g/mol. The van der Waals surface area contributed by atoms with E-state index in [-0.39, 0.29) is 11.9 Å². The maximum atomic E-state index is 12.1. The second-order valence-corrected chi connectivity index (χ2v) is 5.96. The van der Waals surface area contributed by atoms with Crippen molar-refractivity contribution >= 4 is 11.7 Å². The molecule has 0 aliphatic carbocycles. The van der Waals surface area contributed by atoms with Crippen molar-refractivity contribution in [2.75, 3.05) is 18.9 Å². The Morgan fingerprint density at radius 3 is 2.59 bits per heavy atom. The highest BCUT2D eigenvalue weighted by Gasteiger charge is 2.11. The molecule has 0 radical (unpaired) electrons. The minimum absolute atomic E-state index is 0.0305. The summed E-state index contributed by atoms with van der Waals surface area (Å²) < 4.78 is 1.80. The number of benzene rings is 1. The zero-order chi connectivity index (χ0) is 16.1. The Hall–Kier alpha value is -2.14. The van der Waals surface area contributed by atoms with Gasteiger partial charge in [-0.2, -0.15) is 5.10 Å². The molecule has 2 rings (SSSR count). The van der Waals surface area contributed by atoms with Crippen LogP contribution in [0.15, 0.2) is 36.5 Å². The summed E-state index contributed by atoms with van der Waals surface area (Å²) in [7, 11) is 1.94. The van der Waals surface area contributed by atoms with Gasteiger partial charge in [0.2, 0.25) is 5.91 Å². The van der Waals surface area contributed by atoms with Gasteiger partial charge in [-0.1, -0.05) is 29.8 Å². The van der Waals surface area contributed by atoms with Crippen molar-refractivity contribution in [3.63, 3.8) is 0 Å². The topological polar surface area (TPSA) is 50.2 Å². The lowest BCUT2D eigenvalue weighted by atomic mass is 10.1. The van der Waals surface area contributed by atoms with Crippen molar-refractivity contribution in [3.8, 4) is 0 Å². The Balaban J connectivity index is 1.88. The first-order valence-corrected chi connectivity index (χ1v) is 7.53. The van der Waals surface area contributed by atoms with Crippen LogP contribution in [0.4, 0.5) is 5.82 Å². The van der Waals surface area contributed by atoms with Crippen LogP contribution in [0.1, 0.15) is 31.0 Å². The Morgan fingerprint density at radius 1 is 1.27 bits per heavy atom. The zero-order valence-electron chi connectivity index (χ0n) is 13.7. The lowest BCUT2D eigenvalue weighted by molar-refractivity contribution is -0.117. The number of hydrogen-bond donors (Lipinski definition) is 1. The SMILES string of the molecule is Cc1ccc(CN(C)CC(=O)Nc2ccnn2C(C)C)cc1. The number of anilines is 1. The summed E-state index contributed by atoms with van der Waals surface area (Å²) in [5, 5.41) is 7.13. The molecule has 5 nitrogen and oxygen atoms in total. The molecule has 22 heavy (non-hydrogen) atoms. The first-order valence-electron chi connectivity index (χ1n) is 7.53. The van der Waals surface area contributed by atoms with Crippen LogP contribution >= 0.6 is 0 Å². The highest BCUT2D eigenvalue weighted by molar-refractivity contribution is 5.91. The van der Waals surface area contributed by atoms with Gasteiger partial charge in [-0.15, -0.1) is 0 Å². The lowest BCUT2D eigenvalue weighted by Crippen LogP contribution is -2.30. The van der Waals surface area contributed by atoms with Gasteiger partial charge in [-0.3, -0.25) is 9.69 Å². The van der Waals surface area contributed by atoms with Crippen molar-refractivity contribution in [2.24, 2.45) is 0 Å². The van der Waals surface area contributed by atoms with E-state index in [9.17, 15) is 4.79 Å². The fraction of sp³-hybridized carbons (Fsp3) is 0.412. The molecule has 0 saturated heterocycles. The molecular weight excluding hydrogens is 276 g/mol. The summed E-state index contributed by atoms with van der Waals surface area (Å²) >= 11 is 0. The molecule has 1 aromatic carbocycles. The number of nitrogens with zero attached hydrogens (tertiary/aromatic N) is 3. The third-order valence-electron chi connectivity index (χ3n) is 3.41. The van der Waals surface area contributed by atoms with Gasteiger partial charge in [0, 0.05) is 18.7 Å². The molecule has 0 atom stereocenters. The molecule has 0 unspecified atom stereocenters. The van der Waals surface area contributed by atoms with Crippen LogP contribution in [0.2, 0.25) is 0 Å². The highest BCUT2D eigenvalue weighted by Crippen LogP contribution is 2.13. The zero-order valence-corrected chi connectivity index (χ0v) is 13.7. The van der Waals surface area contributed by atoms with Gasteiger partial charge in [0.1, 0.15) is 5.82 Å². The molecule has 0 aliphatic rings. The van der Waals surface area contributed by atoms with E-state index >= 15 is 0 Å². The van der Waals surface area contributed by atoms with Gasteiger partial charge in [0.05, 0.1) is 12.7 Å². The molecule has 1 amide bonds. The van der Waals surface area contributed by atoms with Crippen molar-refractivity contribution in [1.82, 2.24) is 14.7 Å². The van der Waals surface area contributed by atoms with Gasteiger partial charge in [-0.05, 0) is 33.4 Å². The van der Waals surface area contributed by atoms with E-state index in [1.54, 1.807) is 10.9 Å². The molecule has 0 saturated carbocycles. The van der Waals surface area contributed by atoms with Crippen molar-refractivity contribution in [2.45, 2.75) is 33.4 Å². The number of hydrogen-bond acceptors (Lipinski definition) is 3. The quantitative estimate of drug-likeness (QED) is 0.892. The normalized spacial score (nSPS) is 11.2. The van der Waals surface area contributed by atoms with E-state index < -0.39 is 0 Å². The number of aryl methyl sites for hydroxylation is 1. The van der Waals surface area contributed by atoms with Crippen LogP contribution in [0.25, 0.3) is 0 Å². The van der Waals surface area contributed by atoms with Gasteiger partial charge in [0.25, 0.3) is 0 Å².